The fourth-order valence-electron chi connectivity index (χ4n) is 2.13. The normalized spacial score (nSPS) is 19.2. The summed E-state index contributed by atoms with van der Waals surface area (Å²) < 4.78 is 5.39. The lowest BCUT2D eigenvalue weighted by Crippen LogP contribution is -2.48. The standard InChI is InChI=1S/C14H19NO2/c1-11(12-6-3-2-4-7-12)17-13(16)10-14(15)8-5-9-14/h2-4,6-7,11H,5,8-10,15H2,1H3. The van der Waals surface area contributed by atoms with Gasteiger partial charge in [0.2, 0.25) is 0 Å². The lowest BCUT2D eigenvalue weighted by atomic mass is 9.75. The van der Waals surface area contributed by atoms with E-state index in [9.17, 15) is 4.79 Å². The molecule has 3 nitrogen and oxygen atoms in total. The molecular formula is C14H19NO2. The number of carbonyl (C=O) groups excluding carboxylic acids is 1. The molecule has 2 rings (SSSR count). The first-order valence-electron chi connectivity index (χ1n) is 6.12. The summed E-state index contributed by atoms with van der Waals surface area (Å²) in [5, 5.41) is 0. The zero-order chi connectivity index (χ0) is 12.3. The first kappa shape index (κ1) is 12.1. The summed E-state index contributed by atoms with van der Waals surface area (Å²) in [4.78, 5) is 11.7. The molecule has 1 fully saturated rings. The van der Waals surface area contributed by atoms with Gasteiger partial charge in [0.25, 0.3) is 0 Å². The van der Waals surface area contributed by atoms with Crippen molar-refractivity contribution in [3.05, 3.63) is 35.9 Å². The maximum atomic E-state index is 11.7. The Kier molecular flexibility index (Phi) is 3.48. The van der Waals surface area contributed by atoms with Crippen LogP contribution in [0.5, 0.6) is 0 Å². The molecule has 2 N–H and O–H groups in total. The van der Waals surface area contributed by atoms with Crippen molar-refractivity contribution < 1.29 is 9.53 Å². The second-order valence-corrected chi connectivity index (χ2v) is 4.94. The van der Waals surface area contributed by atoms with E-state index < -0.39 is 0 Å². The van der Waals surface area contributed by atoms with Crippen molar-refractivity contribution >= 4 is 5.97 Å². The van der Waals surface area contributed by atoms with Crippen LogP contribution in [0.1, 0.15) is 44.3 Å². The highest BCUT2D eigenvalue weighted by Gasteiger charge is 2.35. The second-order valence-electron chi connectivity index (χ2n) is 4.94. The Morgan fingerprint density at radius 3 is 2.59 bits per heavy atom. The molecule has 1 aliphatic rings. The van der Waals surface area contributed by atoms with Gasteiger partial charge < -0.3 is 10.5 Å². The van der Waals surface area contributed by atoms with Crippen LogP contribution >= 0.6 is 0 Å². The molecule has 1 atom stereocenters. The Bertz CT molecular complexity index is 384. The molecule has 0 bridgehead atoms. The minimum absolute atomic E-state index is 0.191. The van der Waals surface area contributed by atoms with Crippen molar-refractivity contribution in [1.29, 1.82) is 0 Å². The summed E-state index contributed by atoms with van der Waals surface area (Å²) >= 11 is 0. The highest BCUT2D eigenvalue weighted by atomic mass is 16.5. The molecule has 1 unspecified atom stereocenters. The van der Waals surface area contributed by atoms with Crippen molar-refractivity contribution in [1.82, 2.24) is 0 Å². The van der Waals surface area contributed by atoms with Crippen LogP contribution in [-0.4, -0.2) is 11.5 Å². The maximum absolute atomic E-state index is 11.7. The minimum Gasteiger partial charge on any atom is -0.458 e. The summed E-state index contributed by atoms with van der Waals surface area (Å²) in [5.41, 5.74) is 6.73. The van der Waals surface area contributed by atoms with Gasteiger partial charge in [-0.1, -0.05) is 30.3 Å². The number of benzene rings is 1. The van der Waals surface area contributed by atoms with Crippen LogP contribution in [-0.2, 0) is 9.53 Å². The highest BCUT2D eigenvalue weighted by molar-refractivity contribution is 5.71. The fraction of sp³-hybridized carbons (Fsp3) is 0.500. The van der Waals surface area contributed by atoms with E-state index in [1.165, 1.54) is 0 Å². The SMILES string of the molecule is CC(OC(=O)CC1(N)CCC1)c1ccccc1. The van der Waals surface area contributed by atoms with Gasteiger partial charge in [0, 0.05) is 5.54 Å². The topological polar surface area (TPSA) is 52.3 Å². The molecule has 1 saturated carbocycles. The van der Waals surface area contributed by atoms with Gasteiger partial charge >= 0.3 is 5.97 Å². The third kappa shape index (κ3) is 3.07. The van der Waals surface area contributed by atoms with Crippen LogP contribution in [0.3, 0.4) is 0 Å². The summed E-state index contributed by atoms with van der Waals surface area (Å²) in [6.07, 6.45) is 3.12. The van der Waals surface area contributed by atoms with Gasteiger partial charge in [-0.25, -0.2) is 0 Å². The number of rotatable bonds is 4. The lowest BCUT2D eigenvalue weighted by Gasteiger charge is -2.37. The van der Waals surface area contributed by atoms with Crippen molar-refractivity contribution in [2.24, 2.45) is 5.73 Å². The average Bonchev–Trinajstić information content (AvgIpc) is 2.28. The summed E-state index contributed by atoms with van der Waals surface area (Å²) in [6, 6.07) is 9.74. The quantitative estimate of drug-likeness (QED) is 0.813. The molecular weight excluding hydrogens is 214 g/mol. The number of esters is 1. The van der Waals surface area contributed by atoms with Gasteiger partial charge in [-0.2, -0.15) is 0 Å². The van der Waals surface area contributed by atoms with E-state index >= 15 is 0 Å². The molecule has 0 aliphatic heterocycles. The summed E-state index contributed by atoms with van der Waals surface area (Å²) in [7, 11) is 0. The molecule has 1 aromatic carbocycles. The molecule has 17 heavy (non-hydrogen) atoms. The smallest absolute Gasteiger partial charge is 0.308 e. The van der Waals surface area contributed by atoms with Gasteiger partial charge in [0.1, 0.15) is 6.10 Å². The molecule has 0 saturated heterocycles. The Labute approximate surface area is 102 Å². The van der Waals surface area contributed by atoms with E-state index in [1.807, 2.05) is 37.3 Å². The van der Waals surface area contributed by atoms with Crippen molar-refractivity contribution in [2.75, 3.05) is 0 Å². The van der Waals surface area contributed by atoms with Gasteiger partial charge in [0.05, 0.1) is 6.42 Å². The van der Waals surface area contributed by atoms with Crippen molar-refractivity contribution in [2.45, 2.75) is 44.2 Å². The van der Waals surface area contributed by atoms with Crippen LogP contribution in [0.15, 0.2) is 30.3 Å². The number of carbonyl (C=O) groups is 1. The molecule has 3 heteroatoms. The molecule has 0 radical (unpaired) electrons. The Morgan fingerprint density at radius 1 is 1.41 bits per heavy atom. The molecule has 0 amide bonds. The number of hydrogen-bond acceptors (Lipinski definition) is 3. The zero-order valence-electron chi connectivity index (χ0n) is 10.2. The van der Waals surface area contributed by atoms with E-state index in [0.29, 0.717) is 6.42 Å². The third-order valence-corrected chi connectivity index (χ3v) is 3.42. The maximum Gasteiger partial charge on any atom is 0.308 e. The Balaban J connectivity index is 1.86. The van der Waals surface area contributed by atoms with E-state index in [0.717, 1.165) is 24.8 Å². The number of ether oxygens (including phenoxy) is 1. The number of nitrogens with two attached hydrogens (primary N) is 1. The number of hydrogen-bond donors (Lipinski definition) is 1. The first-order valence-corrected chi connectivity index (χ1v) is 6.12. The predicted molar refractivity (Wildman–Crippen MR) is 66.3 cm³/mol. The van der Waals surface area contributed by atoms with Gasteiger partial charge in [-0.05, 0) is 31.7 Å². The monoisotopic (exact) mass is 233 g/mol. The average molecular weight is 233 g/mol. The third-order valence-electron chi connectivity index (χ3n) is 3.42. The predicted octanol–water partition coefficient (Wildman–Crippen LogP) is 2.56. The van der Waals surface area contributed by atoms with Crippen LogP contribution < -0.4 is 5.73 Å². The molecule has 0 heterocycles. The van der Waals surface area contributed by atoms with Crippen LogP contribution in [0.2, 0.25) is 0 Å². The fourth-order valence-corrected chi connectivity index (χ4v) is 2.13. The highest BCUT2D eigenvalue weighted by Crippen LogP contribution is 2.33. The molecule has 0 spiro atoms. The van der Waals surface area contributed by atoms with E-state index in [-0.39, 0.29) is 17.6 Å². The van der Waals surface area contributed by atoms with Crippen LogP contribution in [0.4, 0.5) is 0 Å². The largest absolute Gasteiger partial charge is 0.458 e. The molecule has 1 aliphatic carbocycles. The molecule has 1 aromatic rings. The second kappa shape index (κ2) is 4.88. The van der Waals surface area contributed by atoms with E-state index in [4.69, 9.17) is 10.5 Å². The summed E-state index contributed by atoms with van der Waals surface area (Å²) in [6.45, 7) is 1.89. The zero-order valence-corrected chi connectivity index (χ0v) is 10.2. The first-order chi connectivity index (χ1) is 8.09. The lowest BCUT2D eigenvalue weighted by molar-refractivity contribution is -0.150. The Morgan fingerprint density at radius 2 is 2.06 bits per heavy atom. The van der Waals surface area contributed by atoms with Gasteiger partial charge in [-0.3, -0.25) is 4.79 Å². The van der Waals surface area contributed by atoms with E-state index in [2.05, 4.69) is 0 Å². The minimum atomic E-state index is -0.298. The van der Waals surface area contributed by atoms with E-state index in [1.54, 1.807) is 0 Å². The van der Waals surface area contributed by atoms with Crippen molar-refractivity contribution in [3.63, 3.8) is 0 Å². The van der Waals surface area contributed by atoms with Gasteiger partial charge in [-0.15, -0.1) is 0 Å². The van der Waals surface area contributed by atoms with Crippen LogP contribution in [0.25, 0.3) is 0 Å². The molecule has 0 aromatic heterocycles. The Hall–Kier alpha value is -1.35. The van der Waals surface area contributed by atoms with Crippen molar-refractivity contribution in [3.8, 4) is 0 Å². The summed E-state index contributed by atoms with van der Waals surface area (Å²) in [5.74, 6) is -0.191. The molecule has 92 valence electrons. The van der Waals surface area contributed by atoms with Gasteiger partial charge in [0.15, 0.2) is 0 Å². The van der Waals surface area contributed by atoms with Crippen LogP contribution in [0, 0.1) is 0 Å².